The molecule has 2 saturated carbocycles. The topological polar surface area (TPSA) is 160 Å². The lowest BCUT2D eigenvalue weighted by molar-refractivity contribution is -0.124. The maximum absolute atomic E-state index is 12.8. The van der Waals surface area contributed by atoms with E-state index in [0.29, 0.717) is 53.2 Å². The Morgan fingerprint density at radius 3 is 2.58 bits per heavy atom. The van der Waals surface area contributed by atoms with Crippen molar-refractivity contribution in [3.8, 4) is 11.3 Å². The smallest absolute Gasteiger partial charge is 0.331 e. The van der Waals surface area contributed by atoms with Crippen LogP contribution >= 0.6 is 0 Å². The van der Waals surface area contributed by atoms with Crippen molar-refractivity contribution in [2.24, 2.45) is 5.92 Å². The fourth-order valence-corrected chi connectivity index (χ4v) is 5.47. The van der Waals surface area contributed by atoms with Gasteiger partial charge < -0.3 is 14.5 Å². The van der Waals surface area contributed by atoms with E-state index >= 15 is 0 Å². The summed E-state index contributed by atoms with van der Waals surface area (Å²) in [6, 6.07) is 3.50. The van der Waals surface area contributed by atoms with Crippen molar-refractivity contribution in [3.63, 3.8) is 0 Å². The number of amides is 4. The molecule has 0 spiro atoms. The van der Waals surface area contributed by atoms with Gasteiger partial charge in [-0.15, -0.1) is 0 Å². The van der Waals surface area contributed by atoms with Crippen molar-refractivity contribution in [2.45, 2.75) is 51.6 Å². The molecule has 1 saturated heterocycles. The number of carbonyl (C=O) groups is 3. The number of rotatable bonds is 11. The van der Waals surface area contributed by atoms with Crippen LogP contribution in [0.3, 0.4) is 0 Å². The third-order valence-corrected chi connectivity index (χ3v) is 8.30. The number of hydrogen-bond acceptors (Lipinski definition) is 10. The van der Waals surface area contributed by atoms with Gasteiger partial charge in [-0.3, -0.25) is 24.7 Å². The first-order valence-corrected chi connectivity index (χ1v) is 15.1. The molecule has 3 fully saturated rings. The van der Waals surface area contributed by atoms with Crippen molar-refractivity contribution < 1.29 is 19.1 Å². The Labute approximate surface area is 259 Å². The Hall–Kier alpha value is -4.98. The largest absolute Gasteiger partial charge is 0.377 e. The summed E-state index contributed by atoms with van der Waals surface area (Å²) in [4.78, 5) is 62.9. The number of nitrogens with zero attached hydrogens (tertiary/aromatic N) is 8. The fraction of sp³-hybridized carbons (Fsp3) is 0.419. The van der Waals surface area contributed by atoms with Gasteiger partial charge in [-0.2, -0.15) is 0 Å². The van der Waals surface area contributed by atoms with Gasteiger partial charge in [0, 0.05) is 63.3 Å². The van der Waals surface area contributed by atoms with Crippen LogP contribution < -0.4 is 15.5 Å². The minimum atomic E-state index is -0.342. The first kappa shape index (κ1) is 28.8. The van der Waals surface area contributed by atoms with E-state index in [1.807, 2.05) is 29.7 Å². The van der Waals surface area contributed by atoms with Crippen LogP contribution in [0.15, 0.2) is 30.7 Å². The van der Waals surface area contributed by atoms with Gasteiger partial charge in [0.2, 0.25) is 17.8 Å². The number of hydrogen-bond donors (Lipinski definition) is 2. The number of ether oxygens (including phenoxy) is 1. The summed E-state index contributed by atoms with van der Waals surface area (Å²) in [5, 5.41) is 6.17. The van der Waals surface area contributed by atoms with Gasteiger partial charge in [0.05, 0.1) is 22.8 Å². The van der Waals surface area contributed by atoms with E-state index in [-0.39, 0.29) is 42.9 Å². The minimum absolute atomic E-state index is 0.00502. The Balaban J connectivity index is 1.10. The van der Waals surface area contributed by atoms with Gasteiger partial charge in [0.1, 0.15) is 19.0 Å². The molecule has 2 N–H and O–H groups in total. The number of fused-ring (bicyclic) bond motifs is 1. The zero-order chi connectivity index (χ0) is 31.2. The first-order valence-electron chi connectivity index (χ1n) is 15.1. The SMILES string of the molecule is COCc1nc(NCCc2cn3cc(C4CC4)cc(N4CC(=O)N(C)C4=O)c3n2)cc(-c2cnc(NC(=O)C3CC3)nc2C)n1. The third-order valence-electron chi connectivity index (χ3n) is 8.30. The van der Waals surface area contributed by atoms with Gasteiger partial charge in [0.15, 0.2) is 11.5 Å². The molecule has 4 aromatic rings. The Morgan fingerprint density at radius 2 is 1.89 bits per heavy atom. The number of aromatic nitrogens is 6. The zero-order valence-electron chi connectivity index (χ0n) is 25.4. The predicted octanol–water partition coefficient (Wildman–Crippen LogP) is 3.32. The van der Waals surface area contributed by atoms with Gasteiger partial charge >= 0.3 is 6.03 Å². The molecule has 3 aliphatic rings. The average molecular weight is 611 g/mol. The van der Waals surface area contributed by atoms with E-state index in [1.165, 1.54) is 11.9 Å². The summed E-state index contributed by atoms with van der Waals surface area (Å²) in [6.07, 6.45) is 10.3. The third kappa shape index (κ3) is 5.92. The van der Waals surface area contributed by atoms with E-state index < -0.39 is 0 Å². The second kappa shape index (κ2) is 11.5. The zero-order valence-corrected chi connectivity index (χ0v) is 25.4. The second-order valence-electron chi connectivity index (χ2n) is 11.8. The molecular formula is C31H34N10O4. The molecular weight excluding hydrogens is 576 g/mol. The number of imidazole rings is 1. The number of anilines is 3. The summed E-state index contributed by atoms with van der Waals surface area (Å²) in [6.45, 7) is 2.61. The van der Waals surface area contributed by atoms with Gasteiger partial charge in [-0.05, 0) is 50.2 Å². The molecule has 0 radical (unpaired) electrons. The Morgan fingerprint density at radius 1 is 1.07 bits per heavy atom. The van der Waals surface area contributed by atoms with Crippen LogP contribution in [-0.2, 0) is 27.4 Å². The number of pyridine rings is 1. The molecule has 2 aliphatic carbocycles. The molecule has 0 aromatic carbocycles. The lowest BCUT2D eigenvalue weighted by Gasteiger charge is -2.17. The molecule has 14 nitrogen and oxygen atoms in total. The molecule has 45 heavy (non-hydrogen) atoms. The quantitative estimate of drug-likeness (QED) is 0.241. The van der Waals surface area contributed by atoms with Crippen LogP contribution in [0.4, 0.5) is 22.2 Å². The lowest BCUT2D eigenvalue weighted by atomic mass is 10.1. The van der Waals surface area contributed by atoms with E-state index in [0.717, 1.165) is 47.4 Å². The standard InChI is InChI=1S/C31H34N10O4/c1-17-22(12-33-30(34-17)38-29(43)19-6-7-19)23-11-25(37-26(36-23)16-45-3)32-9-8-21-14-40-13-20(18-4-5-18)10-24(28(40)35-21)41-15-27(42)39(2)31(41)44/h10-14,18-19H,4-9,15-16H2,1-3H3,(H,32,36,37)(H,33,34,38,43). The molecule has 232 valence electrons. The number of methoxy groups -OCH3 is 1. The lowest BCUT2D eigenvalue weighted by Crippen LogP contribution is -2.30. The highest BCUT2D eigenvalue weighted by molar-refractivity contribution is 6.13. The summed E-state index contributed by atoms with van der Waals surface area (Å²) >= 11 is 0. The monoisotopic (exact) mass is 610 g/mol. The van der Waals surface area contributed by atoms with Crippen molar-refractivity contribution in [1.82, 2.24) is 34.2 Å². The molecule has 5 heterocycles. The normalized spacial score (nSPS) is 16.6. The fourth-order valence-electron chi connectivity index (χ4n) is 5.47. The molecule has 0 unspecified atom stereocenters. The van der Waals surface area contributed by atoms with Crippen LogP contribution in [0.5, 0.6) is 0 Å². The summed E-state index contributed by atoms with van der Waals surface area (Å²) in [5.74, 6) is 1.64. The highest BCUT2D eigenvalue weighted by Gasteiger charge is 2.36. The number of imide groups is 1. The Bertz CT molecular complexity index is 1830. The molecule has 4 amide bonds. The highest BCUT2D eigenvalue weighted by atomic mass is 16.5. The summed E-state index contributed by atoms with van der Waals surface area (Å²) in [7, 11) is 3.09. The van der Waals surface area contributed by atoms with Crippen LogP contribution in [-0.4, -0.2) is 79.3 Å². The first-order chi connectivity index (χ1) is 21.8. The van der Waals surface area contributed by atoms with Crippen molar-refractivity contribution >= 4 is 40.9 Å². The molecule has 4 aromatic heterocycles. The van der Waals surface area contributed by atoms with E-state index in [4.69, 9.17) is 9.72 Å². The molecule has 14 heteroatoms. The molecule has 1 aliphatic heterocycles. The van der Waals surface area contributed by atoms with Gasteiger partial charge in [0.25, 0.3) is 0 Å². The maximum Gasteiger partial charge on any atom is 0.331 e. The summed E-state index contributed by atoms with van der Waals surface area (Å²) < 4.78 is 7.28. The van der Waals surface area contributed by atoms with Crippen LogP contribution in [0, 0.1) is 12.8 Å². The Kier molecular flexibility index (Phi) is 7.36. The van der Waals surface area contributed by atoms with Crippen LogP contribution in [0.2, 0.25) is 0 Å². The minimum Gasteiger partial charge on any atom is -0.377 e. The molecule has 7 rings (SSSR count). The van der Waals surface area contributed by atoms with E-state index in [1.54, 1.807) is 13.3 Å². The van der Waals surface area contributed by atoms with Crippen LogP contribution in [0.25, 0.3) is 16.9 Å². The van der Waals surface area contributed by atoms with E-state index in [2.05, 4.69) is 36.8 Å². The number of nitrogens with one attached hydrogen (secondary N) is 2. The summed E-state index contributed by atoms with van der Waals surface area (Å²) in [5.41, 5.74) is 5.32. The average Bonchev–Trinajstić information content (AvgIpc) is 3.95. The van der Waals surface area contributed by atoms with E-state index in [9.17, 15) is 14.4 Å². The van der Waals surface area contributed by atoms with Crippen molar-refractivity contribution in [2.75, 3.05) is 42.8 Å². The number of aryl methyl sites for hydroxylation is 1. The van der Waals surface area contributed by atoms with Gasteiger partial charge in [-0.25, -0.2) is 29.7 Å². The number of likely N-dealkylation sites (N-methyl/N-ethyl adjacent to an activating group) is 1. The molecule has 0 atom stereocenters. The van der Waals surface area contributed by atoms with Crippen molar-refractivity contribution in [1.29, 1.82) is 0 Å². The van der Waals surface area contributed by atoms with Crippen molar-refractivity contribution in [3.05, 3.63) is 53.5 Å². The number of urea groups is 1. The van der Waals surface area contributed by atoms with Crippen LogP contribution in [0.1, 0.15) is 54.4 Å². The van der Waals surface area contributed by atoms with Gasteiger partial charge in [-0.1, -0.05) is 0 Å². The maximum atomic E-state index is 12.8. The number of carbonyl (C=O) groups excluding carboxylic acids is 3. The highest BCUT2D eigenvalue weighted by Crippen LogP contribution is 2.42. The predicted molar refractivity (Wildman–Crippen MR) is 165 cm³/mol. The molecule has 0 bridgehead atoms. The second-order valence-corrected chi connectivity index (χ2v) is 11.8.